The van der Waals surface area contributed by atoms with Crippen molar-refractivity contribution in [3.8, 4) is 5.75 Å². The van der Waals surface area contributed by atoms with Crippen LogP contribution >= 0.6 is 0 Å². The molecule has 0 spiro atoms. The standard InChI is InChI=1S/C36H54N8O5/c1-7-28-33(46)42(5)29-22-38-35(41-31(29)44(28)25-11-8-9-12-25)40-27-15-14-23(21-30(27)48-6)32(45)39-24-16-19-43(20-17-24)18-10-13-26(37)34(47)49-36(2,3)4/h14-15,21-22,24-26,28H,7-13,16-20,37H2,1-6H3,(H,39,45)(H,38,40,41)/t26-,28+/m0/s1. The molecule has 2 fully saturated rings. The lowest BCUT2D eigenvalue weighted by Crippen LogP contribution is -2.55. The molecule has 13 heteroatoms. The summed E-state index contributed by atoms with van der Waals surface area (Å²) in [5, 5.41) is 6.47. The van der Waals surface area contributed by atoms with Crippen molar-refractivity contribution in [1.82, 2.24) is 20.2 Å². The minimum atomic E-state index is -0.616. The van der Waals surface area contributed by atoms with Crippen molar-refractivity contribution >= 4 is 40.9 Å². The van der Waals surface area contributed by atoms with E-state index in [9.17, 15) is 14.4 Å². The number of rotatable bonds is 12. The zero-order valence-corrected chi connectivity index (χ0v) is 30.0. The first-order valence-electron chi connectivity index (χ1n) is 17.8. The first kappa shape index (κ1) is 36.3. The molecule has 1 saturated heterocycles. The molecule has 268 valence electrons. The lowest BCUT2D eigenvalue weighted by atomic mass is 10.0. The molecule has 13 nitrogen and oxygen atoms in total. The molecule has 2 amide bonds. The number of methoxy groups -OCH3 is 1. The number of carbonyl (C=O) groups excluding carboxylic acids is 3. The number of nitrogens with two attached hydrogens (primary N) is 1. The summed E-state index contributed by atoms with van der Waals surface area (Å²) in [4.78, 5) is 54.3. The maximum absolute atomic E-state index is 13.3. The number of aromatic nitrogens is 2. The molecule has 1 aromatic carbocycles. The van der Waals surface area contributed by atoms with Gasteiger partial charge >= 0.3 is 5.97 Å². The van der Waals surface area contributed by atoms with Crippen LogP contribution in [-0.4, -0.2) is 96.2 Å². The average Bonchev–Trinajstić information content (AvgIpc) is 3.61. The van der Waals surface area contributed by atoms with Gasteiger partial charge in [0.25, 0.3) is 5.91 Å². The molecule has 2 atom stereocenters. The van der Waals surface area contributed by atoms with Crippen molar-refractivity contribution in [2.45, 2.75) is 115 Å². The van der Waals surface area contributed by atoms with E-state index in [-0.39, 0.29) is 35.9 Å². The second-order valence-electron chi connectivity index (χ2n) is 14.5. The highest BCUT2D eigenvalue weighted by molar-refractivity contribution is 6.04. The highest BCUT2D eigenvalue weighted by atomic mass is 16.6. The second-order valence-corrected chi connectivity index (χ2v) is 14.5. The summed E-state index contributed by atoms with van der Waals surface area (Å²) in [5.41, 5.74) is 7.34. The number of ether oxygens (including phenoxy) is 2. The second kappa shape index (κ2) is 15.7. The number of piperidine rings is 1. The molecule has 0 unspecified atom stereocenters. The van der Waals surface area contributed by atoms with Gasteiger partial charge in [0, 0.05) is 37.8 Å². The Hall–Kier alpha value is -3.97. The van der Waals surface area contributed by atoms with E-state index >= 15 is 0 Å². The fraction of sp³-hybridized carbons (Fsp3) is 0.639. The van der Waals surface area contributed by atoms with E-state index in [1.165, 1.54) is 0 Å². The fourth-order valence-corrected chi connectivity index (χ4v) is 7.10. The Balaban J connectivity index is 1.16. The molecule has 2 aliphatic heterocycles. The molecule has 1 saturated carbocycles. The van der Waals surface area contributed by atoms with Crippen molar-refractivity contribution in [1.29, 1.82) is 0 Å². The molecule has 1 aliphatic carbocycles. The number of hydrogen-bond donors (Lipinski definition) is 3. The van der Waals surface area contributed by atoms with Crippen LogP contribution in [-0.2, 0) is 14.3 Å². The third-order valence-electron chi connectivity index (χ3n) is 9.74. The van der Waals surface area contributed by atoms with Crippen LogP contribution in [0.3, 0.4) is 0 Å². The normalized spacial score (nSPS) is 19.8. The Labute approximate surface area is 290 Å². The number of amides is 2. The van der Waals surface area contributed by atoms with E-state index in [4.69, 9.17) is 20.2 Å². The number of esters is 1. The smallest absolute Gasteiger partial charge is 0.323 e. The topological polar surface area (TPSA) is 155 Å². The van der Waals surface area contributed by atoms with Gasteiger partial charge in [0.05, 0.1) is 19.0 Å². The van der Waals surface area contributed by atoms with Gasteiger partial charge in [-0.25, -0.2) is 4.98 Å². The molecule has 4 N–H and O–H groups in total. The van der Waals surface area contributed by atoms with Gasteiger partial charge in [-0.15, -0.1) is 0 Å². The van der Waals surface area contributed by atoms with Gasteiger partial charge in [-0.1, -0.05) is 19.8 Å². The summed E-state index contributed by atoms with van der Waals surface area (Å²) in [6.07, 6.45) is 9.86. The number of benzene rings is 1. The summed E-state index contributed by atoms with van der Waals surface area (Å²) in [7, 11) is 3.36. The van der Waals surface area contributed by atoms with Gasteiger partial charge in [-0.3, -0.25) is 14.4 Å². The molecule has 0 bridgehead atoms. The Bertz CT molecular complexity index is 1480. The number of likely N-dealkylation sites (tertiary alicyclic amines) is 1. The first-order chi connectivity index (χ1) is 23.4. The van der Waals surface area contributed by atoms with Gasteiger partial charge in [0.15, 0.2) is 5.82 Å². The van der Waals surface area contributed by atoms with E-state index in [1.54, 1.807) is 43.5 Å². The van der Waals surface area contributed by atoms with Crippen molar-refractivity contribution in [2.24, 2.45) is 5.73 Å². The van der Waals surface area contributed by atoms with Crippen LogP contribution in [0.4, 0.5) is 23.1 Å². The number of anilines is 4. The Morgan fingerprint density at radius 2 is 1.84 bits per heavy atom. The molecule has 5 rings (SSSR count). The minimum Gasteiger partial charge on any atom is -0.495 e. The average molecular weight is 679 g/mol. The number of nitrogens with zero attached hydrogens (tertiary/aromatic N) is 5. The van der Waals surface area contributed by atoms with Crippen LogP contribution in [0.15, 0.2) is 24.4 Å². The molecule has 49 heavy (non-hydrogen) atoms. The molecular weight excluding hydrogens is 624 g/mol. The monoisotopic (exact) mass is 678 g/mol. The number of hydrogen-bond acceptors (Lipinski definition) is 11. The van der Waals surface area contributed by atoms with Crippen LogP contribution in [0.25, 0.3) is 0 Å². The Morgan fingerprint density at radius 1 is 1.12 bits per heavy atom. The van der Waals surface area contributed by atoms with Crippen molar-refractivity contribution in [2.75, 3.05) is 48.9 Å². The molecule has 1 aromatic heterocycles. The Morgan fingerprint density at radius 3 is 2.49 bits per heavy atom. The zero-order valence-electron chi connectivity index (χ0n) is 30.0. The summed E-state index contributed by atoms with van der Waals surface area (Å²) in [6.45, 7) is 10.1. The van der Waals surface area contributed by atoms with E-state index in [2.05, 4.69) is 25.4 Å². The highest BCUT2D eigenvalue weighted by Crippen LogP contribution is 2.40. The van der Waals surface area contributed by atoms with Crippen molar-refractivity contribution in [3.63, 3.8) is 0 Å². The number of fused-ring (bicyclic) bond motifs is 1. The molecule has 2 aromatic rings. The van der Waals surface area contributed by atoms with Gasteiger partial charge < -0.3 is 40.5 Å². The van der Waals surface area contributed by atoms with Crippen molar-refractivity contribution in [3.05, 3.63) is 30.0 Å². The number of carbonyl (C=O) groups is 3. The third kappa shape index (κ3) is 8.80. The molecular formula is C36H54N8O5. The van der Waals surface area contributed by atoms with E-state index in [0.717, 1.165) is 70.4 Å². The quantitative estimate of drug-likeness (QED) is 0.274. The first-order valence-corrected chi connectivity index (χ1v) is 17.8. The van der Waals surface area contributed by atoms with E-state index < -0.39 is 11.6 Å². The van der Waals surface area contributed by atoms with E-state index in [0.29, 0.717) is 41.5 Å². The lowest BCUT2D eigenvalue weighted by molar-refractivity contribution is -0.156. The van der Waals surface area contributed by atoms with Gasteiger partial charge in [-0.05, 0) is 90.5 Å². The summed E-state index contributed by atoms with van der Waals surface area (Å²) < 4.78 is 11.1. The minimum absolute atomic E-state index is 0.0697. The maximum atomic E-state index is 13.3. The van der Waals surface area contributed by atoms with Crippen LogP contribution in [0, 0.1) is 0 Å². The summed E-state index contributed by atoms with van der Waals surface area (Å²) >= 11 is 0. The van der Waals surface area contributed by atoms with Crippen LogP contribution in [0.1, 0.15) is 95.8 Å². The number of likely N-dealkylation sites (N-methyl/N-ethyl adjacent to an activating group) is 1. The molecule has 3 heterocycles. The SMILES string of the molecule is CC[C@@H]1C(=O)N(C)c2cnc(Nc3ccc(C(=O)NC4CCN(CCC[C@H](N)C(=O)OC(C)(C)C)CC4)cc3OC)nc2N1C1CCCC1. The number of nitrogens with one attached hydrogen (secondary N) is 2. The summed E-state index contributed by atoms with van der Waals surface area (Å²) in [5.74, 6) is 1.23. The summed E-state index contributed by atoms with van der Waals surface area (Å²) in [6, 6.07) is 4.78. The molecule has 3 aliphatic rings. The van der Waals surface area contributed by atoms with Crippen LogP contribution in [0.5, 0.6) is 5.75 Å². The lowest BCUT2D eigenvalue weighted by Gasteiger charge is -2.43. The van der Waals surface area contributed by atoms with Gasteiger partial charge in [0.1, 0.15) is 29.1 Å². The largest absolute Gasteiger partial charge is 0.495 e. The van der Waals surface area contributed by atoms with Gasteiger partial charge in [0.2, 0.25) is 11.9 Å². The highest BCUT2D eigenvalue weighted by Gasteiger charge is 2.41. The van der Waals surface area contributed by atoms with E-state index in [1.807, 2.05) is 27.7 Å². The predicted octanol–water partition coefficient (Wildman–Crippen LogP) is 4.38. The fourth-order valence-electron chi connectivity index (χ4n) is 7.10. The third-order valence-corrected chi connectivity index (χ3v) is 9.74. The van der Waals surface area contributed by atoms with Crippen LogP contribution < -0.4 is 30.9 Å². The predicted molar refractivity (Wildman–Crippen MR) is 191 cm³/mol. The Kier molecular flexibility index (Phi) is 11.6. The molecule has 0 radical (unpaired) electrons. The zero-order chi connectivity index (χ0) is 35.3. The van der Waals surface area contributed by atoms with Gasteiger partial charge in [-0.2, -0.15) is 4.98 Å². The van der Waals surface area contributed by atoms with Crippen molar-refractivity contribution < 1.29 is 23.9 Å². The van der Waals surface area contributed by atoms with Crippen LogP contribution in [0.2, 0.25) is 0 Å². The maximum Gasteiger partial charge on any atom is 0.323 e.